The molecule has 2 amide bonds. The van der Waals surface area contributed by atoms with E-state index in [2.05, 4.69) is 16.0 Å². The molecule has 0 bridgehead atoms. The molecule has 3 N–H and O–H groups in total. The number of halogens is 4. The van der Waals surface area contributed by atoms with Crippen LogP contribution >= 0.6 is 11.6 Å². The lowest BCUT2D eigenvalue weighted by molar-refractivity contribution is -0.137. The second-order valence-corrected chi connectivity index (χ2v) is 6.66. The van der Waals surface area contributed by atoms with Crippen molar-refractivity contribution in [1.82, 2.24) is 5.32 Å². The zero-order valence-corrected chi connectivity index (χ0v) is 15.9. The Kier molecular flexibility index (Phi) is 6.03. The van der Waals surface area contributed by atoms with Gasteiger partial charge in [-0.1, -0.05) is 11.6 Å². The number of carbonyl (C=O) groups excluding carboxylic acids is 1. The molecule has 3 rings (SSSR count). The molecular weight excluding hydrogens is 407 g/mol. The molecule has 1 heterocycles. The monoisotopic (exact) mass is 423 g/mol. The summed E-state index contributed by atoms with van der Waals surface area (Å²) in [4.78, 5) is 12.1. The van der Waals surface area contributed by atoms with E-state index in [0.29, 0.717) is 17.2 Å². The largest absolute Gasteiger partial charge is 0.458 e. The highest BCUT2D eigenvalue weighted by Crippen LogP contribution is 2.36. The molecule has 0 radical (unpaired) electrons. The first-order valence-corrected chi connectivity index (χ1v) is 8.95. The number of hydrogen-bond acceptors (Lipinski definition) is 3. The summed E-state index contributed by atoms with van der Waals surface area (Å²) in [6.45, 7) is 1.98. The van der Waals surface area contributed by atoms with Crippen LogP contribution in [0.5, 0.6) is 5.75 Å². The van der Waals surface area contributed by atoms with Gasteiger partial charge in [0.05, 0.1) is 10.6 Å². The lowest BCUT2D eigenvalue weighted by atomic mass is 10.2. The summed E-state index contributed by atoms with van der Waals surface area (Å²) >= 11 is 5.57. The minimum Gasteiger partial charge on any atom is -0.458 e. The summed E-state index contributed by atoms with van der Waals surface area (Å²) in [7, 11) is 0. The Morgan fingerprint density at radius 3 is 2.41 bits per heavy atom. The molecule has 5 nitrogen and oxygen atoms in total. The van der Waals surface area contributed by atoms with Crippen LogP contribution in [0.3, 0.4) is 0 Å². The third kappa shape index (κ3) is 5.68. The van der Waals surface area contributed by atoms with Crippen LogP contribution in [0.25, 0.3) is 0 Å². The Morgan fingerprint density at radius 1 is 1.10 bits per heavy atom. The van der Waals surface area contributed by atoms with Crippen LogP contribution in [0.1, 0.15) is 12.5 Å². The van der Waals surface area contributed by atoms with Gasteiger partial charge in [0.15, 0.2) is 0 Å². The third-order valence-corrected chi connectivity index (χ3v) is 4.23. The van der Waals surface area contributed by atoms with Gasteiger partial charge in [0, 0.05) is 23.6 Å². The maximum absolute atomic E-state index is 12.9. The van der Waals surface area contributed by atoms with Crippen molar-refractivity contribution >= 4 is 29.0 Å². The second-order valence-electron chi connectivity index (χ2n) is 6.26. The Morgan fingerprint density at radius 2 is 1.76 bits per heavy atom. The van der Waals surface area contributed by atoms with Crippen molar-refractivity contribution in [2.45, 2.75) is 19.1 Å². The van der Waals surface area contributed by atoms with Crippen LogP contribution in [-0.2, 0) is 6.18 Å². The molecule has 1 aliphatic heterocycles. The number of urea groups is 1. The normalized spacial score (nSPS) is 15.9. The zero-order chi connectivity index (χ0) is 21.0. The van der Waals surface area contributed by atoms with Crippen LogP contribution in [0, 0.1) is 0 Å². The van der Waals surface area contributed by atoms with Crippen molar-refractivity contribution in [2.75, 3.05) is 10.6 Å². The number of dihydropyridines is 1. The van der Waals surface area contributed by atoms with Gasteiger partial charge in [-0.05, 0) is 61.5 Å². The predicted octanol–water partition coefficient (Wildman–Crippen LogP) is 5.77. The van der Waals surface area contributed by atoms with Crippen LogP contribution in [0.4, 0.5) is 29.3 Å². The van der Waals surface area contributed by atoms with Crippen molar-refractivity contribution in [1.29, 1.82) is 0 Å². The predicted molar refractivity (Wildman–Crippen MR) is 106 cm³/mol. The Balaban J connectivity index is 1.61. The Labute approximate surface area is 170 Å². The number of carbonyl (C=O) groups is 1. The highest BCUT2D eigenvalue weighted by Gasteiger charge is 2.33. The van der Waals surface area contributed by atoms with E-state index in [9.17, 15) is 18.0 Å². The van der Waals surface area contributed by atoms with Gasteiger partial charge in [-0.25, -0.2) is 4.79 Å². The van der Waals surface area contributed by atoms with Gasteiger partial charge in [0.1, 0.15) is 11.5 Å². The number of amides is 2. The van der Waals surface area contributed by atoms with Crippen LogP contribution in [0.15, 0.2) is 66.6 Å². The molecule has 152 valence electrons. The first kappa shape index (κ1) is 20.6. The standard InChI is InChI=1S/C20H17ClF3N3O2/c1-12-10-16(8-9-25-12)29-15-5-2-13(3-6-15)26-19(28)27-14-4-7-18(21)17(11-14)20(22,23)24/h2-12,25H,1H3,(H2,26,27,28). The van der Waals surface area contributed by atoms with Gasteiger partial charge in [-0.2, -0.15) is 13.2 Å². The molecule has 0 aliphatic carbocycles. The van der Waals surface area contributed by atoms with Crippen molar-refractivity contribution in [3.05, 3.63) is 77.2 Å². The van der Waals surface area contributed by atoms with E-state index >= 15 is 0 Å². The molecule has 1 atom stereocenters. The lowest BCUT2D eigenvalue weighted by Gasteiger charge is -2.15. The fourth-order valence-electron chi connectivity index (χ4n) is 2.56. The molecule has 1 unspecified atom stereocenters. The van der Waals surface area contributed by atoms with Crippen molar-refractivity contribution in [3.63, 3.8) is 0 Å². The van der Waals surface area contributed by atoms with Gasteiger partial charge in [0.25, 0.3) is 0 Å². The highest BCUT2D eigenvalue weighted by molar-refractivity contribution is 6.31. The van der Waals surface area contributed by atoms with Gasteiger partial charge in [-0.3, -0.25) is 0 Å². The quantitative estimate of drug-likeness (QED) is 0.585. The number of alkyl halides is 3. The molecule has 0 saturated carbocycles. The van der Waals surface area contributed by atoms with E-state index in [1.807, 2.05) is 13.0 Å². The second kappa shape index (κ2) is 8.48. The fraction of sp³-hybridized carbons (Fsp3) is 0.150. The number of benzene rings is 2. The maximum atomic E-state index is 12.9. The smallest absolute Gasteiger partial charge is 0.417 e. The number of nitrogens with one attached hydrogen (secondary N) is 3. The summed E-state index contributed by atoms with van der Waals surface area (Å²) in [5.74, 6) is 1.27. The summed E-state index contributed by atoms with van der Waals surface area (Å²) in [5, 5.41) is 7.56. The van der Waals surface area contributed by atoms with E-state index in [-0.39, 0.29) is 11.7 Å². The van der Waals surface area contributed by atoms with Crippen LogP contribution in [-0.4, -0.2) is 12.1 Å². The SMILES string of the molecule is CC1C=C(Oc2ccc(NC(=O)Nc3ccc(Cl)c(C(F)(F)F)c3)cc2)C=CN1. The Bertz CT molecular complexity index is 956. The van der Waals surface area contributed by atoms with E-state index in [1.54, 1.807) is 36.5 Å². The molecular formula is C20H17ClF3N3O2. The van der Waals surface area contributed by atoms with Gasteiger partial charge in [-0.15, -0.1) is 0 Å². The summed E-state index contributed by atoms with van der Waals surface area (Å²) in [6.07, 6.45) is 0.890. The van der Waals surface area contributed by atoms with Crippen molar-refractivity contribution in [3.8, 4) is 5.75 Å². The van der Waals surface area contributed by atoms with Gasteiger partial charge in [0.2, 0.25) is 0 Å². The number of rotatable bonds is 4. The topological polar surface area (TPSA) is 62.4 Å². The van der Waals surface area contributed by atoms with E-state index in [4.69, 9.17) is 16.3 Å². The molecule has 9 heteroatoms. The number of anilines is 2. The summed E-state index contributed by atoms with van der Waals surface area (Å²) < 4.78 is 44.4. The number of allylic oxidation sites excluding steroid dienone is 1. The van der Waals surface area contributed by atoms with Crippen LogP contribution < -0.4 is 20.7 Å². The van der Waals surface area contributed by atoms with Crippen molar-refractivity contribution < 1.29 is 22.7 Å². The van der Waals surface area contributed by atoms with E-state index in [1.165, 1.54) is 6.07 Å². The molecule has 2 aromatic carbocycles. The minimum absolute atomic E-state index is 0.0297. The summed E-state index contributed by atoms with van der Waals surface area (Å²) in [6, 6.07) is 9.19. The average molecular weight is 424 g/mol. The molecule has 1 aliphatic rings. The maximum Gasteiger partial charge on any atom is 0.417 e. The molecule has 0 spiro atoms. The average Bonchev–Trinajstić information content (AvgIpc) is 2.64. The molecule has 0 aromatic heterocycles. The van der Waals surface area contributed by atoms with Crippen LogP contribution in [0.2, 0.25) is 5.02 Å². The molecule has 2 aromatic rings. The highest BCUT2D eigenvalue weighted by atomic mass is 35.5. The van der Waals surface area contributed by atoms with E-state index < -0.39 is 22.8 Å². The van der Waals surface area contributed by atoms with Crippen molar-refractivity contribution in [2.24, 2.45) is 0 Å². The summed E-state index contributed by atoms with van der Waals surface area (Å²) in [5.41, 5.74) is -0.602. The molecule has 0 saturated heterocycles. The molecule has 29 heavy (non-hydrogen) atoms. The Hall–Kier alpha value is -3.13. The van der Waals surface area contributed by atoms with Gasteiger partial charge >= 0.3 is 12.2 Å². The number of ether oxygens (including phenoxy) is 1. The number of hydrogen-bond donors (Lipinski definition) is 3. The first-order valence-electron chi connectivity index (χ1n) is 8.58. The third-order valence-electron chi connectivity index (χ3n) is 3.90. The molecule has 0 fully saturated rings. The fourth-order valence-corrected chi connectivity index (χ4v) is 2.78. The van der Waals surface area contributed by atoms with Gasteiger partial charge < -0.3 is 20.7 Å². The van der Waals surface area contributed by atoms with E-state index in [0.717, 1.165) is 12.1 Å². The lowest BCUT2D eigenvalue weighted by Crippen LogP contribution is -2.21. The zero-order valence-electron chi connectivity index (χ0n) is 15.2. The first-order chi connectivity index (χ1) is 13.7. The minimum atomic E-state index is -4.61.